The Kier molecular flexibility index (Phi) is 5.63. The van der Waals surface area contributed by atoms with Crippen molar-refractivity contribution in [1.29, 1.82) is 0 Å². The van der Waals surface area contributed by atoms with Crippen LogP contribution in [0.2, 0.25) is 0 Å². The van der Waals surface area contributed by atoms with Gasteiger partial charge >= 0.3 is 6.16 Å². The van der Waals surface area contributed by atoms with Crippen LogP contribution in [-0.4, -0.2) is 16.7 Å². The molecule has 0 aliphatic carbocycles. The minimum absolute atomic E-state index is 0. The van der Waals surface area contributed by atoms with Crippen LogP contribution < -0.4 is 0 Å². The van der Waals surface area contributed by atoms with Gasteiger partial charge in [-0.3, -0.25) is 0 Å². The fourth-order valence-electron chi connectivity index (χ4n) is 2.50. The van der Waals surface area contributed by atoms with Gasteiger partial charge in [-0.15, -0.1) is 0 Å². The Hall–Kier alpha value is -2.76. The average Bonchev–Trinajstić information content (AvgIpc) is 2.62. The maximum atomic E-state index is 11.5. The molecule has 4 nitrogen and oxygen atoms in total. The van der Waals surface area contributed by atoms with E-state index in [0.29, 0.717) is 0 Å². The standard InChI is InChI=1S/C19H16O3S.H2O/c20-19(21)22-23(16-10-4-1-5-11-16,17-12-6-2-7-13-17)18-14-8-3-9-15-18;/h1-15H,(H,20,21);1H2. The summed E-state index contributed by atoms with van der Waals surface area (Å²) in [5, 5.41) is 9.43. The Labute approximate surface area is 142 Å². The highest BCUT2D eigenvalue weighted by Gasteiger charge is 2.35. The first kappa shape index (κ1) is 17.6. The molecule has 0 atom stereocenters. The third-order valence-electron chi connectivity index (χ3n) is 3.42. The van der Waals surface area contributed by atoms with Crippen LogP contribution in [0.1, 0.15) is 0 Å². The Bertz CT molecular complexity index is 680. The summed E-state index contributed by atoms with van der Waals surface area (Å²) in [6.45, 7) is 0. The van der Waals surface area contributed by atoms with Crippen molar-refractivity contribution < 1.29 is 19.6 Å². The van der Waals surface area contributed by atoms with Crippen LogP contribution in [0.25, 0.3) is 0 Å². The minimum Gasteiger partial charge on any atom is -0.449 e. The quantitative estimate of drug-likeness (QED) is 0.743. The molecular formula is C19H18O4S. The Morgan fingerprint density at radius 1 is 0.667 bits per heavy atom. The van der Waals surface area contributed by atoms with Crippen molar-refractivity contribution in [3.05, 3.63) is 91.0 Å². The first-order valence-corrected chi connectivity index (χ1v) is 8.70. The van der Waals surface area contributed by atoms with Crippen LogP contribution in [0.4, 0.5) is 4.79 Å². The Morgan fingerprint density at radius 2 is 0.958 bits per heavy atom. The number of rotatable bonds is 4. The van der Waals surface area contributed by atoms with Crippen LogP contribution in [0, 0.1) is 0 Å². The smallest absolute Gasteiger partial charge is 0.449 e. The number of hydrogen-bond acceptors (Lipinski definition) is 2. The summed E-state index contributed by atoms with van der Waals surface area (Å²) >= 11 is 0. The summed E-state index contributed by atoms with van der Waals surface area (Å²) in [6.07, 6.45) is -1.28. The molecule has 24 heavy (non-hydrogen) atoms. The normalized spacial score (nSPS) is 11.2. The molecule has 3 rings (SSSR count). The van der Waals surface area contributed by atoms with Crippen LogP contribution in [-0.2, 0) is 4.18 Å². The van der Waals surface area contributed by atoms with Crippen molar-refractivity contribution in [1.82, 2.24) is 0 Å². The molecule has 0 saturated carbocycles. The molecule has 0 unspecified atom stereocenters. The van der Waals surface area contributed by atoms with Gasteiger partial charge in [0.2, 0.25) is 0 Å². The molecule has 0 heterocycles. The molecule has 0 aliphatic rings. The summed E-state index contributed by atoms with van der Waals surface area (Å²) in [7, 11) is -2.33. The number of hydrogen-bond donors (Lipinski definition) is 1. The lowest BCUT2D eigenvalue weighted by Gasteiger charge is -2.38. The second-order valence-corrected chi connectivity index (χ2v) is 7.54. The summed E-state index contributed by atoms with van der Waals surface area (Å²) in [5.41, 5.74) is 0. The highest BCUT2D eigenvalue weighted by atomic mass is 32.3. The molecule has 0 saturated heterocycles. The summed E-state index contributed by atoms with van der Waals surface area (Å²) in [6, 6.07) is 28.6. The third-order valence-corrected chi connectivity index (χ3v) is 6.62. The van der Waals surface area contributed by atoms with E-state index in [-0.39, 0.29) is 5.48 Å². The monoisotopic (exact) mass is 342 g/mol. The minimum atomic E-state index is -2.33. The first-order chi connectivity index (χ1) is 11.2. The van der Waals surface area contributed by atoms with Gasteiger partial charge in [0.15, 0.2) is 0 Å². The zero-order chi connectivity index (χ0) is 16.1. The molecule has 0 aromatic heterocycles. The van der Waals surface area contributed by atoms with E-state index in [9.17, 15) is 9.90 Å². The largest absolute Gasteiger partial charge is 0.517 e. The average molecular weight is 342 g/mol. The summed E-state index contributed by atoms with van der Waals surface area (Å²) in [5.74, 6) is 0. The molecule has 5 heteroatoms. The zero-order valence-electron chi connectivity index (χ0n) is 12.8. The summed E-state index contributed by atoms with van der Waals surface area (Å²) in [4.78, 5) is 14.1. The molecule has 0 fully saturated rings. The van der Waals surface area contributed by atoms with Gasteiger partial charge < -0.3 is 14.8 Å². The number of benzene rings is 3. The summed E-state index contributed by atoms with van der Waals surface area (Å²) < 4.78 is 5.60. The van der Waals surface area contributed by atoms with Crippen molar-refractivity contribution in [3.8, 4) is 0 Å². The van der Waals surface area contributed by atoms with Gasteiger partial charge in [0.05, 0.1) is 0 Å². The molecule has 0 aliphatic heterocycles. The first-order valence-electron chi connectivity index (χ1n) is 7.14. The van der Waals surface area contributed by atoms with E-state index < -0.39 is 16.5 Å². The van der Waals surface area contributed by atoms with E-state index in [1.807, 2.05) is 91.0 Å². The maximum Gasteiger partial charge on any atom is 0.517 e. The van der Waals surface area contributed by atoms with E-state index in [0.717, 1.165) is 14.7 Å². The van der Waals surface area contributed by atoms with Gasteiger partial charge in [0.1, 0.15) is 0 Å². The lowest BCUT2D eigenvalue weighted by atomic mass is 10.4. The van der Waals surface area contributed by atoms with Crippen molar-refractivity contribution in [3.63, 3.8) is 0 Å². The van der Waals surface area contributed by atoms with E-state index in [4.69, 9.17) is 4.18 Å². The van der Waals surface area contributed by atoms with Crippen LogP contribution in [0.15, 0.2) is 106 Å². The third kappa shape index (κ3) is 3.27. The fourth-order valence-corrected chi connectivity index (χ4v) is 5.44. The maximum absolute atomic E-state index is 11.5. The van der Waals surface area contributed by atoms with Crippen molar-refractivity contribution >= 4 is 16.5 Å². The highest BCUT2D eigenvalue weighted by Crippen LogP contribution is 2.68. The molecule has 3 aromatic carbocycles. The SMILES string of the molecule is O.O=C(O)OS(c1ccccc1)(c1ccccc1)c1ccccc1. The number of carboxylic acid groups (broad SMARTS) is 1. The molecule has 3 aromatic rings. The molecule has 3 N–H and O–H groups in total. The molecule has 0 amide bonds. The Morgan fingerprint density at radius 3 is 1.21 bits per heavy atom. The molecule has 0 radical (unpaired) electrons. The van der Waals surface area contributed by atoms with E-state index in [1.165, 1.54) is 0 Å². The van der Waals surface area contributed by atoms with Crippen LogP contribution in [0.3, 0.4) is 0 Å². The number of carbonyl (C=O) groups is 1. The van der Waals surface area contributed by atoms with Gasteiger partial charge in [0, 0.05) is 14.7 Å². The predicted octanol–water partition coefficient (Wildman–Crippen LogP) is 4.75. The molecular weight excluding hydrogens is 324 g/mol. The van der Waals surface area contributed by atoms with E-state index >= 15 is 0 Å². The van der Waals surface area contributed by atoms with Crippen molar-refractivity contribution in [2.24, 2.45) is 0 Å². The molecule has 124 valence electrons. The van der Waals surface area contributed by atoms with Gasteiger partial charge in [0.25, 0.3) is 0 Å². The Balaban J connectivity index is 0.00000208. The zero-order valence-corrected chi connectivity index (χ0v) is 13.6. The lowest BCUT2D eigenvalue weighted by molar-refractivity contribution is 0.150. The predicted molar refractivity (Wildman–Crippen MR) is 94.4 cm³/mol. The second-order valence-electron chi connectivity index (χ2n) is 4.84. The second kappa shape index (κ2) is 7.68. The van der Waals surface area contributed by atoms with Gasteiger partial charge in [-0.25, -0.2) is 4.79 Å². The van der Waals surface area contributed by atoms with Crippen LogP contribution in [0.5, 0.6) is 0 Å². The van der Waals surface area contributed by atoms with Crippen molar-refractivity contribution in [2.75, 3.05) is 0 Å². The van der Waals surface area contributed by atoms with E-state index in [1.54, 1.807) is 0 Å². The molecule has 0 spiro atoms. The van der Waals surface area contributed by atoms with Gasteiger partial charge in [-0.1, -0.05) is 54.6 Å². The van der Waals surface area contributed by atoms with E-state index in [2.05, 4.69) is 0 Å². The van der Waals surface area contributed by atoms with Crippen molar-refractivity contribution in [2.45, 2.75) is 14.7 Å². The fraction of sp³-hybridized carbons (Fsp3) is 0. The molecule has 0 bridgehead atoms. The van der Waals surface area contributed by atoms with Gasteiger partial charge in [-0.05, 0) is 46.7 Å². The highest BCUT2D eigenvalue weighted by molar-refractivity contribution is 8.30. The van der Waals surface area contributed by atoms with Crippen LogP contribution >= 0.6 is 10.3 Å². The lowest BCUT2D eigenvalue weighted by Crippen LogP contribution is -2.11. The van der Waals surface area contributed by atoms with Gasteiger partial charge in [-0.2, -0.15) is 0 Å². The topological polar surface area (TPSA) is 78.0 Å².